The molecule has 0 atom stereocenters. The zero-order valence-corrected chi connectivity index (χ0v) is 18.0. The number of nitrogens with zero attached hydrogens (tertiary/aromatic N) is 3. The van der Waals surface area contributed by atoms with Crippen LogP contribution in [0.5, 0.6) is 5.75 Å². The van der Waals surface area contributed by atoms with E-state index in [1.807, 2.05) is 37.4 Å². The van der Waals surface area contributed by atoms with E-state index in [9.17, 15) is 4.79 Å². The Hall–Kier alpha value is -2.84. The fourth-order valence-corrected chi connectivity index (χ4v) is 4.49. The van der Waals surface area contributed by atoms with Gasteiger partial charge in [-0.2, -0.15) is 0 Å². The van der Waals surface area contributed by atoms with Gasteiger partial charge in [0.2, 0.25) is 5.91 Å². The zero-order valence-electron chi connectivity index (χ0n) is 16.4. The van der Waals surface area contributed by atoms with Gasteiger partial charge in [0.15, 0.2) is 5.13 Å². The molecule has 148 valence electrons. The second kappa shape index (κ2) is 8.26. The van der Waals surface area contributed by atoms with Gasteiger partial charge in [0.25, 0.3) is 0 Å². The third kappa shape index (κ3) is 3.73. The summed E-state index contributed by atoms with van der Waals surface area (Å²) >= 11 is 2.77. The number of fused-ring (bicyclic) bond motifs is 1. The number of thiazole rings is 1. The minimum Gasteiger partial charge on any atom is -0.496 e. The highest BCUT2D eigenvalue weighted by Gasteiger charge is 2.23. The molecule has 0 unspecified atom stereocenters. The second-order valence-corrected chi connectivity index (χ2v) is 8.38. The normalized spacial score (nSPS) is 11.0. The molecule has 0 spiro atoms. The summed E-state index contributed by atoms with van der Waals surface area (Å²) in [6.07, 6.45) is 1.27. The molecule has 4 rings (SSSR count). The molecule has 0 saturated heterocycles. The standard InChI is InChI=1S/C21H20N4O2S2/c1-4-7-17(26)23-21-22-15(11-28-21)19-16(27-3)10-13-8-5-6-9-14(13)18(19)20-12(2)29-25-24-20/h5-6,8-11H,4,7H2,1-3H3,(H,22,23,26). The van der Waals surface area contributed by atoms with Crippen molar-refractivity contribution < 1.29 is 9.53 Å². The first-order valence-corrected chi connectivity index (χ1v) is 10.9. The molecule has 4 aromatic rings. The predicted octanol–water partition coefficient (Wildman–Crippen LogP) is 5.54. The Balaban J connectivity index is 1.93. The Morgan fingerprint density at radius 3 is 2.79 bits per heavy atom. The number of ether oxygens (including phenoxy) is 1. The lowest BCUT2D eigenvalue weighted by Crippen LogP contribution is -2.10. The van der Waals surface area contributed by atoms with E-state index in [1.165, 1.54) is 22.9 Å². The van der Waals surface area contributed by atoms with Crippen molar-refractivity contribution in [1.82, 2.24) is 14.6 Å². The first-order chi connectivity index (χ1) is 14.1. The number of rotatable bonds is 6. The number of carbonyl (C=O) groups excluding carboxylic acids is 1. The van der Waals surface area contributed by atoms with Crippen LogP contribution < -0.4 is 10.1 Å². The maximum atomic E-state index is 12.0. The first-order valence-electron chi connectivity index (χ1n) is 9.27. The molecule has 2 heterocycles. The van der Waals surface area contributed by atoms with Gasteiger partial charge < -0.3 is 10.1 Å². The quantitative estimate of drug-likeness (QED) is 0.440. The number of nitrogens with one attached hydrogen (secondary N) is 1. The smallest absolute Gasteiger partial charge is 0.226 e. The van der Waals surface area contributed by atoms with E-state index in [-0.39, 0.29) is 5.91 Å². The number of carbonyl (C=O) groups is 1. The van der Waals surface area contributed by atoms with Crippen molar-refractivity contribution in [2.45, 2.75) is 26.7 Å². The average Bonchev–Trinajstić information content (AvgIpc) is 3.35. The number of methoxy groups -OCH3 is 1. The van der Waals surface area contributed by atoms with Crippen LogP contribution in [-0.4, -0.2) is 27.6 Å². The van der Waals surface area contributed by atoms with E-state index >= 15 is 0 Å². The molecule has 0 aliphatic carbocycles. The Labute approximate surface area is 176 Å². The summed E-state index contributed by atoms with van der Waals surface area (Å²) in [6, 6.07) is 10.1. The van der Waals surface area contributed by atoms with Crippen LogP contribution in [0, 0.1) is 6.92 Å². The monoisotopic (exact) mass is 424 g/mol. The highest BCUT2D eigenvalue weighted by molar-refractivity contribution is 7.14. The van der Waals surface area contributed by atoms with E-state index in [0.717, 1.165) is 44.6 Å². The lowest BCUT2D eigenvalue weighted by molar-refractivity contribution is -0.116. The van der Waals surface area contributed by atoms with E-state index in [0.29, 0.717) is 17.3 Å². The summed E-state index contributed by atoms with van der Waals surface area (Å²) in [6.45, 7) is 3.98. The molecule has 8 heteroatoms. The largest absolute Gasteiger partial charge is 0.496 e. The molecule has 29 heavy (non-hydrogen) atoms. The first kappa shape index (κ1) is 19.5. The Bertz CT molecular complexity index is 1180. The van der Waals surface area contributed by atoms with E-state index in [4.69, 9.17) is 4.74 Å². The van der Waals surface area contributed by atoms with Crippen LogP contribution in [0.3, 0.4) is 0 Å². The van der Waals surface area contributed by atoms with Crippen molar-refractivity contribution >= 4 is 44.7 Å². The fourth-order valence-electron chi connectivity index (χ4n) is 3.30. The molecule has 0 fully saturated rings. The summed E-state index contributed by atoms with van der Waals surface area (Å²) in [5, 5.41) is 11.9. The molecule has 0 aliphatic heterocycles. The Kier molecular flexibility index (Phi) is 5.55. The van der Waals surface area contributed by atoms with E-state index < -0.39 is 0 Å². The third-order valence-corrected chi connectivity index (χ3v) is 5.99. The van der Waals surface area contributed by atoms with Gasteiger partial charge in [0.05, 0.1) is 23.2 Å². The number of aromatic nitrogens is 3. The number of aryl methyl sites for hydroxylation is 1. The molecule has 1 N–H and O–H groups in total. The van der Waals surface area contributed by atoms with Crippen LogP contribution in [0.1, 0.15) is 24.6 Å². The number of benzene rings is 2. The van der Waals surface area contributed by atoms with Gasteiger partial charge in [-0.1, -0.05) is 35.7 Å². The molecule has 1 amide bonds. The topological polar surface area (TPSA) is 77.0 Å². The van der Waals surface area contributed by atoms with Crippen LogP contribution >= 0.6 is 22.9 Å². The lowest BCUT2D eigenvalue weighted by Gasteiger charge is -2.15. The lowest BCUT2D eigenvalue weighted by atomic mass is 9.93. The van der Waals surface area contributed by atoms with Crippen molar-refractivity contribution in [3.63, 3.8) is 0 Å². The van der Waals surface area contributed by atoms with Crippen molar-refractivity contribution in [2.75, 3.05) is 12.4 Å². The molecule has 0 aliphatic rings. The zero-order chi connectivity index (χ0) is 20.4. The third-order valence-electron chi connectivity index (χ3n) is 4.61. The van der Waals surface area contributed by atoms with Crippen molar-refractivity contribution in [3.05, 3.63) is 40.6 Å². The van der Waals surface area contributed by atoms with Gasteiger partial charge in [0.1, 0.15) is 11.4 Å². The molecule has 6 nitrogen and oxygen atoms in total. The summed E-state index contributed by atoms with van der Waals surface area (Å²) in [5.74, 6) is 0.682. The molecular weight excluding hydrogens is 404 g/mol. The van der Waals surface area contributed by atoms with Crippen LogP contribution in [0.25, 0.3) is 33.3 Å². The fraction of sp³-hybridized carbons (Fsp3) is 0.238. The number of hydrogen-bond donors (Lipinski definition) is 1. The summed E-state index contributed by atoms with van der Waals surface area (Å²) in [5.41, 5.74) is 3.37. The molecule has 0 saturated carbocycles. The van der Waals surface area contributed by atoms with Crippen molar-refractivity contribution in [1.29, 1.82) is 0 Å². The SMILES string of the molecule is CCCC(=O)Nc1nc(-c2c(OC)cc3ccccc3c2-c2nnsc2C)cs1. The van der Waals surface area contributed by atoms with Gasteiger partial charge in [-0.3, -0.25) is 4.79 Å². The summed E-state index contributed by atoms with van der Waals surface area (Å²) < 4.78 is 9.88. The molecule has 0 bridgehead atoms. The molecule has 2 aromatic carbocycles. The maximum Gasteiger partial charge on any atom is 0.226 e. The van der Waals surface area contributed by atoms with Gasteiger partial charge >= 0.3 is 0 Å². The minimum atomic E-state index is -0.0290. The summed E-state index contributed by atoms with van der Waals surface area (Å²) in [4.78, 5) is 17.7. The Morgan fingerprint density at radius 1 is 1.24 bits per heavy atom. The van der Waals surface area contributed by atoms with Crippen LogP contribution in [0.4, 0.5) is 5.13 Å². The average molecular weight is 425 g/mol. The highest BCUT2D eigenvalue weighted by atomic mass is 32.1. The van der Waals surface area contributed by atoms with Crippen LogP contribution in [0.2, 0.25) is 0 Å². The predicted molar refractivity (Wildman–Crippen MR) is 119 cm³/mol. The van der Waals surface area contributed by atoms with E-state index in [2.05, 4.69) is 32.0 Å². The Morgan fingerprint density at radius 2 is 2.07 bits per heavy atom. The minimum absolute atomic E-state index is 0.0290. The second-order valence-electron chi connectivity index (χ2n) is 6.56. The van der Waals surface area contributed by atoms with Crippen LogP contribution in [0.15, 0.2) is 35.7 Å². The van der Waals surface area contributed by atoms with Gasteiger partial charge in [-0.15, -0.1) is 16.4 Å². The maximum absolute atomic E-state index is 12.0. The number of amides is 1. The summed E-state index contributed by atoms with van der Waals surface area (Å²) in [7, 11) is 1.65. The van der Waals surface area contributed by atoms with Crippen molar-refractivity contribution in [2.24, 2.45) is 0 Å². The molecule has 0 radical (unpaired) electrons. The van der Waals surface area contributed by atoms with Gasteiger partial charge in [-0.25, -0.2) is 4.98 Å². The van der Waals surface area contributed by atoms with E-state index in [1.54, 1.807) is 7.11 Å². The number of anilines is 1. The van der Waals surface area contributed by atoms with Crippen molar-refractivity contribution in [3.8, 4) is 28.3 Å². The molecule has 2 aromatic heterocycles. The van der Waals surface area contributed by atoms with Gasteiger partial charge in [-0.05, 0) is 41.7 Å². The van der Waals surface area contributed by atoms with Gasteiger partial charge in [0, 0.05) is 17.4 Å². The number of hydrogen-bond acceptors (Lipinski definition) is 7. The van der Waals surface area contributed by atoms with Crippen LogP contribution in [-0.2, 0) is 4.79 Å². The molecular formula is C21H20N4O2S2. The highest BCUT2D eigenvalue weighted by Crippen LogP contribution is 2.45.